The number of nitrogen functional groups attached to an aromatic ring is 1. The van der Waals surface area contributed by atoms with Crippen LogP contribution in [0.25, 0.3) is 5.70 Å². The van der Waals surface area contributed by atoms with Gasteiger partial charge in [0.25, 0.3) is 17.7 Å². The number of halogens is 1. The average Bonchev–Trinajstić information content (AvgIpc) is 3.77. The lowest BCUT2D eigenvalue weighted by atomic mass is 10.0. The largest absolute Gasteiger partial charge is 0.504 e. The monoisotopic (exact) mass is 780 g/mol. The number of thiazole rings is 1. The number of carbonyl (C=O) groups excluding carboxylic acids is 3. The van der Waals surface area contributed by atoms with Gasteiger partial charge in [-0.15, -0.1) is 28.2 Å². The Balaban J connectivity index is 1.30. The minimum Gasteiger partial charge on any atom is -0.504 e. The molecule has 3 amide bonds. The minimum atomic E-state index is -1.92. The highest BCUT2D eigenvalue weighted by Gasteiger charge is 2.54. The molecule has 0 bridgehead atoms. The van der Waals surface area contributed by atoms with Gasteiger partial charge in [0, 0.05) is 16.7 Å². The molecule has 0 spiro atoms. The van der Waals surface area contributed by atoms with Crippen molar-refractivity contribution in [1.29, 1.82) is 0 Å². The number of aromatic amines is 1. The topological polar surface area (TPSA) is 309 Å². The number of aromatic hydroxyl groups is 2. The first kappa shape index (κ1) is 37.7. The quantitative estimate of drug-likeness (QED) is 0.0310. The number of phenols is 2. The van der Waals surface area contributed by atoms with Gasteiger partial charge < -0.3 is 46.1 Å². The number of oxime groups is 1. The lowest BCUT2D eigenvalue weighted by molar-refractivity contribution is -0.884. The summed E-state index contributed by atoms with van der Waals surface area (Å²) in [6.07, 6.45) is -2.86. The van der Waals surface area contributed by atoms with Gasteiger partial charge in [-0.1, -0.05) is 16.8 Å². The lowest BCUT2D eigenvalue weighted by Gasteiger charge is -2.50. The molecule has 4 heterocycles. The molecule has 3 atom stereocenters. The van der Waals surface area contributed by atoms with Gasteiger partial charge in [-0.2, -0.15) is 0 Å². The Kier molecular flexibility index (Phi) is 11.2. The van der Waals surface area contributed by atoms with Gasteiger partial charge in [0.2, 0.25) is 6.10 Å². The van der Waals surface area contributed by atoms with Crippen molar-refractivity contribution in [3.05, 3.63) is 45.2 Å². The number of carboxylic acid groups (broad SMARTS) is 2. The summed E-state index contributed by atoms with van der Waals surface area (Å²) in [6, 6.07) is 1.37. The Morgan fingerprint density at radius 3 is 2.63 bits per heavy atom. The number of carboxylic acids is 2. The number of anilines is 1. The smallest absolute Gasteiger partial charge is 0.348 e. The van der Waals surface area contributed by atoms with E-state index in [1.54, 1.807) is 0 Å². The molecule has 0 radical (unpaired) electrons. The van der Waals surface area contributed by atoms with E-state index in [9.17, 15) is 39.3 Å². The second-order valence-electron chi connectivity index (χ2n) is 12.0. The summed E-state index contributed by atoms with van der Waals surface area (Å²) in [5.74, 6) is -5.59. The van der Waals surface area contributed by atoms with E-state index in [0.29, 0.717) is 29.0 Å². The molecule has 3 aromatic rings. The number of carbonyl (C=O) groups is 5. The molecule has 21 nitrogen and oxygen atoms in total. The lowest BCUT2D eigenvalue weighted by Crippen LogP contribution is -2.70. The molecule has 2 aliphatic heterocycles. The molecule has 2 aliphatic rings. The van der Waals surface area contributed by atoms with E-state index in [1.807, 2.05) is 14.1 Å². The van der Waals surface area contributed by atoms with Crippen LogP contribution in [0.4, 0.5) is 5.13 Å². The van der Waals surface area contributed by atoms with Crippen LogP contribution in [0.2, 0.25) is 5.02 Å². The number of aromatic nitrogens is 5. The van der Waals surface area contributed by atoms with Crippen molar-refractivity contribution >= 4 is 80.9 Å². The number of likely N-dealkylation sites (N-methyl/N-ethyl adjacent to an activating group) is 1. The minimum absolute atomic E-state index is 0.0120. The number of rotatable bonds is 15. The van der Waals surface area contributed by atoms with Crippen molar-refractivity contribution in [1.82, 2.24) is 41.1 Å². The van der Waals surface area contributed by atoms with Crippen molar-refractivity contribution in [2.75, 3.05) is 45.2 Å². The average molecular weight is 781 g/mol. The highest BCUT2D eigenvalue weighted by atomic mass is 35.5. The van der Waals surface area contributed by atoms with E-state index in [2.05, 4.69) is 41.4 Å². The second-order valence-corrected chi connectivity index (χ2v) is 14.3. The Bertz CT molecular complexity index is 1970. The summed E-state index contributed by atoms with van der Waals surface area (Å²) in [5, 5.41) is 61.3. The first-order chi connectivity index (χ1) is 24.6. The number of tetrazole rings is 1. The van der Waals surface area contributed by atoms with Gasteiger partial charge >= 0.3 is 11.9 Å². The fourth-order valence-electron chi connectivity index (χ4n) is 5.24. The van der Waals surface area contributed by atoms with Crippen LogP contribution in [0.15, 0.2) is 28.2 Å². The number of quaternary nitrogens is 1. The molecule has 5 rings (SSSR count). The van der Waals surface area contributed by atoms with Crippen LogP contribution in [0.3, 0.4) is 0 Å². The fourth-order valence-corrected chi connectivity index (χ4v) is 7.37. The molecule has 52 heavy (non-hydrogen) atoms. The SMILES string of the molecule is C[N+](C)(CCNC(=O)c1ccc(O)c(O)c1Cl)CC1=C(c2nnn[nH]2)N2C(=O)[C@@H](NC(=O)/C(=N\O[C@@H](CC(=O)O)C(=O)O)c3csc(N)n3)[C@H]2SC1. The molecular formula is C28H31ClN11O10S2+. The number of nitrogens with zero attached hydrogens (tertiary/aromatic N) is 7. The fraction of sp³-hybridized carbons (Fsp3) is 0.357. The maximum absolute atomic E-state index is 13.7. The second kappa shape index (κ2) is 15.4. The summed E-state index contributed by atoms with van der Waals surface area (Å²) in [7, 11) is 3.82. The van der Waals surface area contributed by atoms with E-state index >= 15 is 0 Å². The van der Waals surface area contributed by atoms with Crippen LogP contribution >= 0.6 is 34.7 Å². The summed E-state index contributed by atoms with van der Waals surface area (Å²) < 4.78 is 0.332. The molecule has 276 valence electrons. The van der Waals surface area contributed by atoms with Crippen molar-refractivity contribution < 1.29 is 53.7 Å². The van der Waals surface area contributed by atoms with Crippen molar-refractivity contribution in [3.63, 3.8) is 0 Å². The van der Waals surface area contributed by atoms with Crippen LogP contribution in [0, 0.1) is 0 Å². The summed E-state index contributed by atoms with van der Waals surface area (Å²) in [4.78, 5) is 72.8. The van der Waals surface area contributed by atoms with Crippen molar-refractivity contribution in [3.8, 4) is 11.5 Å². The van der Waals surface area contributed by atoms with E-state index in [1.165, 1.54) is 28.1 Å². The zero-order valence-electron chi connectivity index (χ0n) is 27.1. The van der Waals surface area contributed by atoms with Crippen LogP contribution < -0.4 is 16.4 Å². The van der Waals surface area contributed by atoms with Crippen LogP contribution in [-0.2, 0) is 24.0 Å². The number of thioether (sulfide) groups is 1. The summed E-state index contributed by atoms with van der Waals surface area (Å²) >= 11 is 8.33. The normalized spacial score (nSPS) is 17.9. The molecule has 1 fully saturated rings. The Labute approximate surface area is 306 Å². The first-order valence-corrected chi connectivity index (χ1v) is 17.3. The molecule has 1 aromatic carbocycles. The third kappa shape index (κ3) is 8.17. The molecule has 1 saturated heterocycles. The highest BCUT2D eigenvalue weighted by molar-refractivity contribution is 8.00. The molecule has 0 aliphatic carbocycles. The van der Waals surface area contributed by atoms with Crippen LogP contribution in [-0.4, -0.2) is 148 Å². The van der Waals surface area contributed by atoms with Crippen LogP contribution in [0.1, 0.15) is 28.3 Å². The van der Waals surface area contributed by atoms with E-state index < -0.39 is 70.8 Å². The Hall–Kier alpha value is -5.52. The number of H-pyrrole nitrogens is 1. The Morgan fingerprint density at radius 2 is 2.00 bits per heavy atom. The zero-order chi connectivity index (χ0) is 37.9. The van der Waals surface area contributed by atoms with Crippen molar-refractivity contribution in [2.24, 2.45) is 5.16 Å². The molecule has 0 saturated carbocycles. The third-order valence-electron chi connectivity index (χ3n) is 7.75. The molecule has 0 unspecified atom stereocenters. The highest BCUT2D eigenvalue weighted by Crippen LogP contribution is 2.43. The molecule has 24 heteroatoms. The molecule has 2 aromatic heterocycles. The number of phenolic OH excluding ortho intramolecular Hbond substituents is 2. The van der Waals surface area contributed by atoms with Gasteiger partial charge in [-0.25, -0.2) is 14.9 Å². The van der Waals surface area contributed by atoms with Gasteiger partial charge in [0.15, 0.2) is 28.2 Å². The number of aliphatic carboxylic acids is 2. The number of hydrogen-bond acceptors (Lipinski definition) is 16. The number of benzene rings is 1. The van der Waals surface area contributed by atoms with Gasteiger partial charge in [0.05, 0.1) is 49.9 Å². The predicted octanol–water partition coefficient (Wildman–Crippen LogP) is -0.731. The molecule has 9 N–H and O–H groups in total. The van der Waals surface area contributed by atoms with Crippen molar-refractivity contribution in [2.45, 2.75) is 23.9 Å². The summed E-state index contributed by atoms with van der Waals surface area (Å²) in [5.41, 5.74) is 6.28. The van der Waals surface area contributed by atoms with Gasteiger partial charge in [0.1, 0.15) is 23.7 Å². The maximum Gasteiger partial charge on any atom is 0.348 e. The number of fused-ring (bicyclic) bond motifs is 1. The summed E-state index contributed by atoms with van der Waals surface area (Å²) in [6.45, 7) is 0.998. The van der Waals surface area contributed by atoms with E-state index in [4.69, 9.17) is 27.3 Å². The Morgan fingerprint density at radius 1 is 1.25 bits per heavy atom. The number of amides is 3. The predicted molar refractivity (Wildman–Crippen MR) is 183 cm³/mol. The van der Waals surface area contributed by atoms with Gasteiger partial charge in [-0.05, 0) is 22.6 Å². The van der Waals surface area contributed by atoms with Gasteiger partial charge in [-0.3, -0.25) is 24.1 Å². The molecular weight excluding hydrogens is 750 g/mol. The number of nitrogens with one attached hydrogen (secondary N) is 3. The van der Waals surface area contributed by atoms with Crippen LogP contribution in [0.5, 0.6) is 11.5 Å². The van der Waals surface area contributed by atoms with E-state index in [0.717, 1.165) is 23.0 Å². The maximum atomic E-state index is 13.7. The third-order valence-corrected chi connectivity index (χ3v) is 10.1. The number of β-lactam (4-membered cyclic amide) rings is 1. The number of nitrogens with two attached hydrogens (primary N) is 1. The zero-order valence-corrected chi connectivity index (χ0v) is 29.5. The first-order valence-electron chi connectivity index (χ1n) is 15.0. The standard InChI is InChI=1S/C28H30ClN11O10S2/c1-40(2,6-5-31-23(45)12-3-4-14(41)21(44)17(12)29)8-11-9-51-26-19(25(47)39(26)20(11)22-34-37-38-35-22)33-24(46)18(13-10-52-28(30)32-13)36-50-15(27(48)49)7-16(42)43/h3-4,10,15,19,26H,5-9H2,1-2H3,(H8-,30,31,32,33,34,35,36,37,38,41,42,43,44,45,46,48,49)/p+1/t15-,19+,26+/m0/s1. The van der Waals surface area contributed by atoms with E-state index in [-0.39, 0.29) is 33.8 Å². The number of hydrogen-bond donors (Lipinski definition) is 8.